The molecule has 2 aliphatic heterocycles. The Labute approximate surface area is 128 Å². The highest BCUT2D eigenvalue weighted by Gasteiger charge is 2.53. The number of fused-ring (bicyclic) bond motifs is 2. The summed E-state index contributed by atoms with van der Waals surface area (Å²) in [5.41, 5.74) is -1.39. The highest BCUT2D eigenvalue weighted by Crippen LogP contribution is 2.41. The molecule has 23 heavy (non-hydrogen) atoms. The first-order valence-electron chi connectivity index (χ1n) is 6.82. The van der Waals surface area contributed by atoms with E-state index in [-0.39, 0.29) is 0 Å². The number of carbonyl (C=O) groups is 2. The monoisotopic (exact) mass is 327 g/mol. The lowest BCUT2D eigenvalue weighted by molar-refractivity contribution is -0.146. The zero-order chi connectivity index (χ0) is 16.8. The van der Waals surface area contributed by atoms with Crippen LogP contribution in [0.2, 0.25) is 0 Å². The van der Waals surface area contributed by atoms with Crippen molar-refractivity contribution in [3.05, 3.63) is 42.0 Å². The van der Waals surface area contributed by atoms with Gasteiger partial charge in [0.05, 0.1) is 29.4 Å². The van der Waals surface area contributed by atoms with E-state index in [9.17, 15) is 27.9 Å². The lowest BCUT2D eigenvalue weighted by Gasteiger charge is -2.22. The molecule has 2 bridgehead atoms. The van der Waals surface area contributed by atoms with Gasteiger partial charge in [-0.05, 0) is 12.1 Å². The molecule has 5 nitrogen and oxygen atoms in total. The van der Waals surface area contributed by atoms with Gasteiger partial charge in [0.15, 0.2) is 0 Å². The van der Waals surface area contributed by atoms with E-state index in [1.165, 1.54) is 12.1 Å². The van der Waals surface area contributed by atoms with Crippen LogP contribution in [0.15, 0.2) is 36.4 Å². The normalized spacial score (nSPS) is 28.8. The molecular formula is C15H12F3NO4. The fourth-order valence-corrected chi connectivity index (χ4v) is 2.97. The third kappa shape index (κ3) is 2.70. The number of anilines is 1. The fourth-order valence-electron chi connectivity index (χ4n) is 2.97. The molecule has 1 fully saturated rings. The summed E-state index contributed by atoms with van der Waals surface area (Å²) in [5.74, 6) is -4.19. The molecule has 0 saturated carbocycles. The molecule has 1 amide bonds. The van der Waals surface area contributed by atoms with Crippen molar-refractivity contribution in [2.45, 2.75) is 18.4 Å². The van der Waals surface area contributed by atoms with Crippen LogP contribution in [-0.4, -0.2) is 29.2 Å². The summed E-state index contributed by atoms with van der Waals surface area (Å²) >= 11 is 0. The number of halogens is 3. The Balaban J connectivity index is 1.86. The van der Waals surface area contributed by atoms with Crippen molar-refractivity contribution in [1.29, 1.82) is 0 Å². The molecule has 0 radical (unpaired) electrons. The minimum absolute atomic E-state index is 0.402. The first kappa shape index (κ1) is 15.5. The van der Waals surface area contributed by atoms with Crippen LogP contribution in [0.1, 0.15) is 5.56 Å². The molecule has 8 heteroatoms. The zero-order valence-electron chi connectivity index (χ0n) is 11.6. The van der Waals surface area contributed by atoms with Crippen LogP contribution in [0.25, 0.3) is 0 Å². The number of benzene rings is 1. The second-order valence-corrected chi connectivity index (χ2v) is 5.37. The fraction of sp³-hybridized carbons (Fsp3) is 0.333. The second-order valence-electron chi connectivity index (χ2n) is 5.37. The minimum atomic E-state index is -4.62. The number of carboxylic acids is 1. The lowest BCUT2D eigenvalue weighted by Crippen LogP contribution is -2.39. The van der Waals surface area contributed by atoms with Crippen molar-refractivity contribution in [1.82, 2.24) is 0 Å². The van der Waals surface area contributed by atoms with Crippen LogP contribution < -0.4 is 5.32 Å². The molecule has 3 rings (SSSR count). The van der Waals surface area contributed by atoms with Gasteiger partial charge >= 0.3 is 12.1 Å². The van der Waals surface area contributed by atoms with Crippen LogP contribution in [0.4, 0.5) is 18.9 Å². The number of carboxylic acid groups (broad SMARTS) is 1. The van der Waals surface area contributed by atoms with Crippen molar-refractivity contribution in [3.8, 4) is 0 Å². The smallest absolute Gasteiger partial charge is 0.418 e. The third-order valence-electron chi connectivity index (χ3n) is 3.98. The minimum Gasteiger partial charge on any atom is -0.481 e. The standard InChI is InChI=1S/C15H12F3NO4/c16-15(17,18)7-3-1-2-4-8(7)19-13(20)11-9-5-6-10(23-9)12(11)14(21)22/h1-6,9-12H,(H,19,20)(H,21,22)/t9-,10+,11+,12+/m1/s1. The maximum atomic E-state index is 12.9. The van der Waals surface area contributed by atoms with Crippen molar-refractivity contribution < 1.29 is 32.6 Å². The van der Waals surface area contributed by atoms with Crippen LogP contribution in [0, 0.1) is 11.8 Å². The largest absolute Gasteiger partial charge is 0.481 e. The molecule has 1 aromatic rings. The average molecular weight is 327 g/mol. The van der Waals surface area contributed by atoms with E-state index in [0.717, 1.165) is 12.1 Å². The number of carbonyl (C=O) groups excluding carboxylic acids is 1. The molecule has 0 aromatic heterocycles. The maximum absolute atomic E-state index is 12.9. The average Bonchev–Trinajstić information content (AvgIpc) is 3.07. The van der Waals surface area contributed by atoms with E-state index >= 15 is 0 Å². The molecule has 2 N–H and O–H groups in total. The Morgan fingerprint density at radius 1 is 1.09 bits per heavy atom. The number of para-hydroxylation sites is 1. The molecule has 1 saturated heterocycles. The van der Waals surface area contributed by atoms with Crippen molar-refractivity contribution >= 4 is 17.6 Å². The van der Waals surface area contributed by atoms with Crippen LogP contribution >= 0.6 is 0 Å². The van der Waals surface area contributed by atoms with Gasteiger partial charge in [-0.3, -0.25) is 9.59 Å². The van der Waals surface area contributed by atoms with Gasteiger partial charge in [-0.25, -0.2) is 0 Å². The second kappa shape index (κ2) is 5.38. The summed E-state index contributed by atoms with van der Waals surface area (Å²) in [5, 5.41) is 11.4. The lowest BCUT2D eigenvalue weighted by atomic mass is 9.82. The number of aliphatic carboxylic acids is 1. The number of nitrogens with one attached hydrogen (secondary N) is 1. The predicted octanol–water partition coefficient (Wildman–Crippen LogP) is 2.30. The molecule has 0 aliphatic carbocycles. The number of alkyl halides is 3. The van der Waals surface area contributed by atoms with E-state index in [2.05, 4.69) is 5.32 Å². The quantitative estimate of drug-likeness (QED) is 0.835. The zero-order valence-corrected chi connectivity index (χ0v) is 11.6. The van der Waals surface area contributed by atoms with Crippen molar-refractivity contribution in [3.63, 3.8) is 0 Å². The molecular weight excluding hydrogens is 315 g/mol. The molecule has 1 aromatic carbocycles. The van der Waals surface area contributed by atoms with E-state index in [1.54, 1.807) is 12.2 Å². The molecule has 0 spiro atoms. The number of amides is 1. The van der Waals surface area contributed by atoms with Crippen LogP contribution in [-0.2, 0) is 20.5 Å². The van der Waals surface area contributed by atoms with E-state index < -0.39 is 53.3 Å². The van der Waals surface area contributed by atoms with Crippen molar-refractivity contribution in [2.75, 3.05) is 5.32 Å². The predicted molar refractivity (Wildman–Crippen MR) is 72.5 cm³/mol. The van der Waals surface area contributed by atoms with Gasteiger partial charge < -0.3 is 15.2 Å². The Morgan fingerprint density at radius 2 is 1.70 bits per heavy atom. The van der Waals surface area contributed by atoms with Gasteiger partial charge in [0.25, 0.3) is 0 Å². The van der Waals surface area contributed by atoms with Crippen LogP contribution in [0.5, 0.6) is 0 Å². The van der Waals surface area contributed by atoms with Gasteiger partial charge in [-0.1, -0.05) is 24.3 Å². The highest BCUT2D eigenvalue weighted by molar-refractivity contribution is 5.97. The topological polar surface area (TPSA) is 75.6 Å². The van der Waals surface area contributed by atoms with E-state index in [1.807, 2.05) is 0 Å². The molecule has 2 heterocycles. The SMILES string of the molecule is O=C(O)[C@@H]1[C@@H](C(=O)Nc2ccccc2C(F)(F)F)[C@H]2C=C[C@@H]1O2. The summed E-state index contributed by atoms with van der Waals surface area (Å²) in [6, 6.07) is 4.54. The molecule has 122 valence electrons. The summed E-state index contributed by atoms with van der Waals surface area (Å²) in [6.07, 6.45) is -2.98. The summed E-state index contributed by atoms with van der Waals surface area (Å²) < 4.78 is 44.2. The van der Waals surface area contributed by atoms with Gasteiger partial charge in [0.1, 0.15) is 5.92 Å². The third-order valence-corrected chi connectivity index (χ3v) is 3.98. The number of hydrogen-bond donors (Lipinski definition) is 2. The van der Waals surface area contributed by atoms with Crippen molar-refractivity contribution in [2.24, 2.45) is 11.8 Å². The summed E-state index contributed by atoms with van der Waals surface area (Å²) in [6.45, 7) is 0. The Kier molecular flexibility index (Phi) is 3.63. The van der Waals surface area contributed by atoms with Gasteiger partial charge in [-0.15, -0.1) is 0 Å². The molecule has 4 atom stereocenters. The molecule has 0 unspecified atom stereocenters. The Bertz CT molecular complexity index is 686. The number of ether oxygens (including phenoxy) is 1. The first-order valence-corrected chi connectivity index (χ1v) is 6.82. The number of rotatable bonds is 3. The first-order chi connectivity index (χ1) is 10.8. The summed E-state index contributed by atoms with van der Waals surface area (Å²) in [4.78, 5) is 23.7. The van der Waals surface area contributed by atoms with Gasteiger partial charge in [0.2, 0.25) is 5.91 Å². The Morgan fingerprint density at radius 3 is 2.30 bits per heavy atom. The number of hydrogen-bond acceptors (Lipinski definition) is 3. The Hall–Kier alpha value is -2.35. The van der Waals surface area contributed by atoms with E-state index in [0.29, 0.717) is 0 Å². The van der Waals surface area contributed by atoms with E-state index in [4.69, 9.17) is 4.74 Å². The maximum Gasteiger partial charge on any atom is 0.418 e. The highest BCUT2D eigenvalue weighted by atomic mass is 19.4. The molecule has 2 aliphatic rings. The van der Waals surface area contributed by atoms with Gasteiger partial charge in [0, 0.05) is 0 Å². The van der Waals surface area contributed by atoms with Gasteiger partial charge in [-0.2, -0.15) is 13.2 Å². The van der Waals surface area contributed by atoms with Crippen LogP contribution in [0.3, 0.4) is 0 Å². The summed E-state index contributed by atoms with van der Waals surface area (Å²) in [7, 11) is 0.